The SMILES string of the molecule is CC(C)N(C(=O)C1CC1(C(=O)O)C(C)C)C(C)C. The van der Waals surface area contributed by atoms with E-state index in [4.69, 9.17) is 0 Å². The summed E-state index contributed by atoms with van der Waals surface area (Å²) in [6.45, 7) is 11.7. The van der Waals surface area contributed by atoms with Crippen LogP contribution in [0.15, 0.2) is 0 Å². The van der Waals surface area contributed by atoms with Gasteiger partial charge in [0.1, 0.15) is 0 Å². The number of carboxylic acids is 1. The number of carboxylic acid groups (broad SMARTS) is 1. The molecule has 0 aromatic rings. The maximum atomic E-state index is 12.5. The maximum Gasteiger partial charge on any atom is 0.310 e. The van der Waals surface area contributed by atoms with E-state index in [0.717, 1.165) is 0 Å². The molecule has 0 spiro atoms. The number of rotatable bonds is 5. The summed E-state index contributed by atoms with van der Waals surface area (Å²) in [5, 5.41) is 9.38. The highest BCUT2D eigenvalue weighted by Gasteiger charge is 2.66. The van der Waals surface area contributed by atoms with Gasteiger partial charge in [-0.3, -0.25) is 9.59 Å². The molecule has 0 saturated heterocycles. The van der Waals surface area contributed by atoms with Crippen LogP contribution in [-0.4, -0.2) is 34.0 Å². The molecule has 0 radical (unpaired) electrons. The van der Waals surface area contributed by atoms with Crippen LogP contribution in [0.4, 0.5) is 0 Å². The van der Waals surface area contributed by atoms with E-state index in [9.17, 15) is 14.7 Å². The summed E-state index contributed by atoms with van der Waals surface area (Å²) < 4.78 is 0. The third-order valence-corrected chi connectivity index (χ3v) is 4.10. The largest absolute Gasteiger partial charge is 0.481 e. The smallest absolute Gasteiger partial charge is 0.310 e. The lowest BCUT2D eigenvalue weighted by Gasteiger charge is -2.32. The Morgan fingerprint density at radius 1 is 1.11 bits per heavy atom. The molecule has 0 aromatic carbocycles. The van der Waals surface area contributed by atoms with Crippen LogP contribution < -0.4 is 0 Å². The number of nitrogens with zero attached hydrogens (tertiary/aromatic N) is 1. The molecule has 2 unspecified atom stereocenters. The highest BCUT2D eigenvalue weighted by molar-refractivity contribution is 5.93. The Bertz CT molecular complexity index is 341. The maximum absolute atomic E-state index is 12.5. The zero-order valence-electron chi connectivity index (χ0n) is 12.2. The van der Waals surface area contributed by atoms with Gasteiger partial charge in [0.15, 0.2) is 0 Å². The van der Waals surface area contributed by atoms with Crippen LogP contribution in [0.25, 0.3) is 0 Å². The van der Waals surface area contributed by atoms with Crippen molar-refractivity contribution in [3.63, 3.8) is 0 Å². The van der Waals surface area contributed by atoms with Gasteiger partial charge in [-0.2, -0.15) is 0 Å². The van der Waals surface area contributed by atoms with Crippen LogP contribution in [0.2, 0.25) is 0 Å². The number of carbonyl (C=O) groups is 2. The summed E-state index contributed by atoms with van der Waals surface area (Å²) in [6.07, 6.45) is 0.481. The molecule has 1 amide bonds. The predicted octanol–water partition coefficient (Wildman–Crippen LogP) is 2.38. The molecule has 0 aliphatic heterocycles. The lowest BCUT2D eigenvalue weighted by molar-refractivity contribution is -0.150. The average molecular weight is 255 g/mol. The monoisotopic (exact) mass is 255 g/mol. The minimum atomic E-state index is -0.834. The fourth-order valence-corrected chi connectivity index (χ4v) is 2.99. The standard InChI is InChI=1S/C14H25NO3/c1-8(2)14(13(17)18)7-11(14)12(16)15(9(3)4)10(5)6/h8-11H,7H2,1-6H3,(H,17,18). The second-order valence-corrected chi connectivity index (χ2v) is 6.19. The summed E-state index contributed by atoms with van der Waals surface area (Å²) in [7, 11) is 0. The van der Waals surface area contributed by atoms with E-state index < -0.39 is 11.4 Å². The van der Waals surface area contributed by atoms with Gasteiger partial charge < -0.3 is 10.0 Å². The van der Waals surface area contributed by atoms with Gasteiger partial charge in [0.2, 0.25) is 5.91 Å². The van der Waals surface area contributed by atoms with Gasteiger partial charge in [0, 0.05) is 12.1 Å². The Balaban J connectivity index is 2.91. The molecule has 1 saturated carbocycles. The highest BCUT2D eigenvalue weighted by Crippen LogP contribution is 2.58. The van der Waals surface area contributed by atoms with Crippen molar-refractivity contribution >= 4 is 11.9 Å². The Hall–Kier alpha value is -1.06. The van der Waals surface area contributed by atoms with Gasteiger partial charge in [-0.05, 0) is 40.0 Å². The van der Waals surface area contributed by atoms with Crippen molar-refractivity contribution in [1.29, 1.82) is 0 Å². The average Bonchev–Trinajstić information content (AvgIpc) is 2.91. The fourth-order valence-electron chi connectivity index (χ4n) is 2.99. The summed E-state index contributed by atoms with van der Waals surface area (Å²) in [6, 6.07) is 0.216. The van der Waals surface area contributed by atoms with Gasteiger partial charge >= 0.3 is 5.97 Å². The van der Waals surface area contributed by atoms with Crippen molar-refractivity contribution in [1.82, 2.24) is 4.90 Å². The van der Waals surface area contributed by atoms with Crippen LogP contribution in [0.3, 0.4) is 0 Å². The molecule has 18 heavy (non-hydrogen) atoms. The Morgan fingerprint density at radius 3 is 1.78 bits per heavy atom. The van der Waals surface area contributed by atoms with Crippen LogP contribution in [0.5, 0.6) is 0 Å². The first kappa shape index (κ1) is 15.0. The van der Waals surface area contributed by atoms with Gasteiger partial charge in [0.05, 0.1) is 11.3 Å². The molecule has 1 aliphatic carbocycles. The van der Waals surface area contributed by atoms with E-state index in [2.05, 4.69) is 0 Å². The first-order valence-corrected chi connectivity index (χ1v) is 6.71. The quantitative estimate of drug-likeness (QED) is 0.820. The van der Waals surface area contributed by atoms with Crippen LogP contribution >= 0.6 is 0 Å². The van der Waals surface area contributed by atoms with Crippen LogP contribution in [0.1, 0.15) is 48.0 Å². The molecule has 4 nitrogen and oxygen atoms in total. The van der Waals surface area contributed by atoms with Crippen molar-refractivity contribution in [2.75, 3.05) is 0 Å². The minimum Gasteiger partial charge on any atom is -0.481 e. The lowest BCUT2D eigenvalue weighted by Crippen LogP contribution is -2.44. The van der Waals surface area contributed by atoms with Crippen molar-refractivity contribution < 1.29 is 14.7 Å². The van der Waals surface area contributed by atoms with Crippen molar-refractivity contribution in [2.24, 2.45) is 17.3 Å². The van der Waals surface area contributed by atoms with Crippen molar-refractivity contribution in [2.45, 2.75) is 60.0 Å². The molecule has 1 N–H and O–H groups in total. The molecule has 0 aromatic heterocycles. The predicted molar refractivity (Wildman–Crippen MR) is 70.1 cm³/mol. The first-order valence-electron chi connectivity index (χ1n) is 6.71. The number of aliphatic carboxylic acids is 1. The molecule has 1 rings (SSSR count). The van der Waals surface area contributed by atoms with Crippen molar-refractivity contribution in [3.8, 4) is 0 Å². The fraction of sp³-hybridized carbons (Fsp3) is 0.857. The Morgan fingerprint density at radius 2 is 1.56 bits per heavy atom. The molecule has 0 bridgehead atoms. The molecular weight excluding hydrogens is 230 g/mol. The summed E-state index contributed by atoms with van der Waals surface area (Å²) in [4.78, 5) is 25.7. The number of carbonyl (C=O) groups excluding carboxylic acids is 1. The van der Waals surface area contributed by atoms with Crippen LogP contribution in [0, 0.1) is 17.3 Å². The van der Waals surface area contributed by atoms with Gasteiger partial charge in [0.25, 0.3) is 0 Å². The third kappa shape index (κ3) is 2.25. The Kier molecular flexibility index (Phi) is 4.08. The summed E-state index contributed by atoms with van der Waals surface area (Å²) >= 11 is 0. The van der Waals surface area contributed by atoms with E-state index in [-0.39, 0.29) is 29.8 Å². The number of hydrogen-bond acceptors (Lipinski definition) is 2. The number of hydrogen-bond donors (Lipinski definition) is 1. The van der Waals surface area contributed by atoms with Gasteiger partial charge in [-0.25, -0.2) is 0 Å². The zero-order chi connectivity index (χ0) is 14.2. The molecule has 2 atom stereocenters. The van der Waals surface area contributed by atoms with E-state index in [1.165, 1.54) is 0 Å². The minimum absolute atomic E-state index is 0.00361. The first-order chi connectivity index (χ1) is 8.16. The molecule has 1 aliphatic rings. The van der Waals surface area contributed by atoms with Gasteiger partial charge in [-0.15, -0.1) is 0 Å². The molecule has 1 fully saturated rings. The van der Waals surface area contributed by atoms with E-state index in [1.807, 2.05) is 41.5 Å². The second kappa shape index (κ2) is 4.90. The Labute approximate surface area is 109 Å². The van der Waals surface area contributed by atoms with E-state index in [1.54, 1.807) is 4.90 Å². The van der Waals surface area contributed by atoms with Crippen molar-refractivity contribution in [3.05, 3.63) is 0 Å². The third-order valence-electron chi connectivity index (χ3n) is 4.10. The molecule has 4 heteroatoms. The second-order valence-electron chi connectivity index (χ2n) is 6.19. The van der Waals surface area contributed by atoms with E-state index >= 15 is 0 Å². The zero-order valence-corrected chi connectivity index (χ0v) is 12.2. The highest BCUT2D eigenvalue weighted by atomic mass is 16.4. The topological polar surface area (TPSA) is 57.6 Å². The van der Waals surface area contributed by atoms with Crippen LogP contribution in [-0.2, 0) is 9.59 Å². The summed E-state index contributed by atoms with van der Waals surface area (Å²) in [5.41, 5.74) is -0.834. The number of amides is 1. The molecule has 0 heterocycles. The molecule has 104 valence electrons. The summed E-state index contributed by atoms with van der Waals surface area (Å²) in [5.74, 6) is -1.19. The van der Waals surface area contributed by atoms with Gasteiger partial charge in [-0.1, -0.05) is 13.8 Å². The molecular formula is C14H25NO3. The van der Waals surface area contributed by atoms with E-state index in [0.29, 0.717) is 6.42 Å². The normalized spacial score (nSPS) is 26.8. The lowest BCUT2D eigenvalue weighted by atomic mass is 9.89.